The fourth-order valence-corrected chi connectivity index (χ4v) is 2.92. The van der Waals surface area contributed by atoms with E-state index in [2.05, 4.69) is 33.4 Å². The quantitative estimate of drug-likeness (QED) is 0.610. The van der Waals surface area contributed by atoms with Crippen LogP contribution in [-0.2, 0) is 13.0 Å². The fourth-order valence-electron chi connectivity index (χ4n) is 2.52. The van der Waals surface area contributed by atoms with Gasteiger partial charge < -0.3 is 14.6 Å². The number of nitrogens with zero attached hydrogens (tertiary/aromatic N) is 1. The van der Waals surface area contributed by atoms with Crippen molar-refractivity contribution in [1.29, 1.82) is 0 Å². The van der Waals surface area contributed by atoms with E-state index in [-0.39, 0.29) is 6.03 Å². The Morgan fingerprint density at radius 3 is 2.60 bits per heavy atom. The number of halogens is 1. The van der Waals surface area contributed by atoms with Gasteiger partial charge in [-0.2, -0.15) is 0 Å². The molecular weight excluding hydrogens is 380 g/mol. The Kier molecular flexibility index (Phi) is 5.90. The summed E-state index contributed by atoms with van der Waals surface area (Å²) in [6.45, 7) is 1.03. The van der Waals surface area contributed by atoms with Gasteiger partial charge >= 0.3 is 6.03 Å². The van der Waals surface area contributed by atoms with Crippen LogP contribution >= 0.6 is 15.9 Å². The predicted octanol–water partition coefficient (Wildman–Crippen LogP) is 5.32. The second kappa shape index (κ2) is 8.53. The largest absolute Gasteiger partial charge is 0.467 e. The van der Waals surface area contributed by atoms with Crippen LogP contribution in [0.5, 0.6) is 0 Å². The van der Waals surface area contributed by atoms with Crippen molar-refractivity contribution in [2.75, 3.05) is 11.9 Å². The van der Waals surface area contributed by atoms with Crippen molar-refractivity contribution < 1.29 is 9.21 Å². The number of furan rings is 1. The number of rotatable bonds is 6. The number of urea groups is 1. The Morgan fingerprint density at radius 2 is 1.88 bits per heavy atom. The van der Waals surface area contributed by atoms with Crippen molar-refractivity contribution in [2.24, 2.45) is 0 Å². The molecule has 0 aliphatic carbocycles. The lowest BCUT2D eigenvalue weighted by molar-refractivity contribution is 0.205. The molecule has 1 N–H and O–H groups in total. The van der Waals surface area contributed by atoms with Crippen LogP contribution in [0.2, 0.25) is 0 Å². The number of anilines is 1. The summed E-state index contributed by atoms with van der Waals surface area (Å²) in [7, 11) is 0. The minimum absolute atomic E-state index is 0.148. The molecule has 0 fully saturated rings. The van der Waals surface area contributed by atoms with Crippen LogP contribution in [0.1, 0.15) is 11.3 Å². The molecular formula is C20H19BrN2O2. The van der Waals surface area contributed by atoms with Gasteiger partial charge in [-0.05, 0) is 42.3 Å². The standard InChI is InChI=1S/C20H19BrN2O2/c21-17-8-4-9-18(14-17)22-20(24)23(15-19-10-5-13-25-19)12-11-16-6-2-1-3-7-16/h1-10,13-14H,11-12,15H2,(H,22,24). The topological polar surface area (TPSA) is 45.5 Å². The van der Waals surface area contributed by atoms with Crippen LogP contribution in [0.3, 0.4) is 0 Å². The van der Waals surface area contributed by atoms with Gasteiger partial charge in [-0.15, -0.1) is 0 Å². The van der Waals surface area contributed by atoms with Crippen LogP contribution < -0.4 is 5.32 Å². The van der Waals surface area contributed by atoms with E-state index in [0.29, 0.717) is 13.1 Å². The first kappa shape index (κ1) is 17.3. The SMILES string of the molecule is O=C(Nc1cccc(Br)c1)N(CCc1ccccc1)Cc1ccco1. The molecule has 0 bridgehead atoms. The first-order chi connectivity index (χ1) is 12.2. The van der Waals surface area contributed by atoms with E-state index < -0.39 is 0 Å². The number of benzene rings is 2. The van der Waals surface area contributed by atoms with Crippen molar-refractivity contribution in [3.05, 3.63) is 88.8 Å². The summed E-state index contributed by atoms with van der Waals surface area (Å²) < 4.78 is 6.33. The van der Waals surface area contributed by atoms with Gasteiger partial charge in [0.25, 0.3) is 0 Å². The van der Waals surface area contributed by atoms with Gasteiger partial charge in [-0.1, -0.05) is 52.3 Å². The summed E-state index contributed by atoms with van der Waals surface area (Å²) in [5.74, 6) is 0.762. The Bertz CT molecular complexity index is 804. The van der Waals surface area contributed by atoms with E-state index in [1.807, 2.05) is 54.6 Å². The second-order valence-electron chi connectivity index (χ2n) is 5.68. The number of hydrogen-bond donors (Lipinski definition) is 1. The second-order valence-corrected chi connectivity index (χ2v) is 6.59. The normalized spacial score (nSPS) is 10.4. The van der Waals surface area contributed by atoms with Crippen LogP contribution in [-0.4, -0.2) is 17.5 Å². The van der Waals surface area contributed by atoms with Gasteiger partial charge in [0.2, 0.25) is 0 Å². The number of amides is 2. The first-order valence-electron chi connectivity index (χ1n) is 8.08. The van der Waals surface area contributed by atoms with Crippen LogP contribution in [0.4, 0.5) is 10.5 Å². The summed E-state index contributed by atoms with van der Waals surface area (Å²) in [6, 6.07) is 21.3. The highest BCUT2D eigenvalue weighted by Gasteiger charge is 2.15. The Hall–Kier alpha value is -2.53. The van der Waals surface area contributed by atoms with Gasteiger partial charge in [-0.3, -0.25) is 0 Å². The lowest BCUT2D eigenvalue weighted by Crippen LogP contribution is -2.36. The molecule has 2 amide bonds. The molecule has 0 saturated carbocycles. The lowest BCUT2D eigenvalue weighted by Gasteiger charge is -2.22. The average molecular weight is 399 g/mol. The van der Waals surface area contributed by atoms with Crippen molar-refractivity contribution in [3.8, 4) is 0 Å². The number of nitrogens with one attached hydrogen (secondary N) is 1. The van der Waals surface area contributed by atoms with Crippen molar-refractivity contribution >= 4 is 27.6 Å². The molecule has 3 rings (SSSR count). The summed E-state index contributed by atoms with van der Waals surface area (Å²) in [5.41, 5.74) is 1.95. The molecule has 2 aromatic carbocycles. The Balaban J connectivity index is 1.69. The van der Waals surface area contributed by atoms with Crippen LogP contribution in [0, 0.1) is 0 Å². The van der Waals surface area contributed by atoms with E-state index in [9.17, 15) is 4.79 Å². The molecule has 1 aromatic heterocycles. The third kappa shape index (κ3) is 5.22. The Morgan fingerprint density at radius 1 is 1.04 bits per heavy atom. The molecule has 0 unspecified atom stereocenters. The molecule has 0 aliphatic heterocycles. The zero-order chi connectivity index (χ0) is 17.5. The van der Waals surface area contributed by atoms with Gasteiger partial charge in [-0.25, -0.2) is 4.79 Å². The lowest BCUT2D eigenvalue weighted by atomic mass is 10.1. The van der Waals surface area contributed by atoms with E-state index >= 15 is 0 Å². The van der Waals surface area contributed by atoms with Gasteiger partial charge in [0.05, 0.1) is 12.8 Å². The van der Waals surface area contributed by atoms with E-state index in [1.165, 1.54) is 5.56 Å². The summed E-state index contributed by atoms with van der Waals surface area (Å²) in [4.78, 5) is 14.5. The highest BCUT2D eigenvalue weighted by molar-refractivity contribution is 9.10. The molecule has 25 heavy (non-hydrogen) atoms. The number of hydrogen-bond acceptors (Lipinski definition) is 2. The molecule has 4 nitrogen and oxygen atoms in total. The minimum atomic E-state index is -0.148. The van der Waals surface area contributed by atoms with E-state index in [1.54, 1.807) is 11.2 Å². The fraction of sp³-hybridized carbons (Fsp3) is 0.150. The molecule has 3 aromatic rings. The number of carbonyl (C=O) groups is 1. The summed E-state index contributed by atoms with van der Waals surface area (Å²) in [6.07, 6.45) is 2.41. The third-order valence-corrected chi connectivity index (χ3v) is 4.30. The average Bonchev–Trinajstić information content (AvgIpc) is 3.12. The summed E-state index contributed by atoms with van der Waals surface area (Å²) >= 11 is 3.42. The van der Waals surface area contributed by atoms with Crippen LogP contribution in [0.15, 0.2) is 81.9 Å². The van der Waals surface area contributed by atoms with Gasteiger partial charge in [0, 0.05) is 16.7 Å². The minimum Gasteiger partial charge on any atom is -0.467 e. The monoisotopic (exact) mass is 398 g/mol. The first-order valence-corrected chi connectivity index (χ1v) is 8.88. The van der Waals surface area contributed by atoms with Gasteiger partial charge in [0.1, 0.15) is 5.76 Å². The zero-order valence-corrected chi connectivity index (χ0v) is 15.3. The maximum Gasteiger partial charge on any atom is 0.322 e. The van der Waals surface area contributed by atoms with Crippen molar-refractivity contribution in [2.45, 2.75) is 13.0 Å². The Labute approximate surface area is 155 Å². The highest BCUT2D eigenvalue weighted by atomic mass is 79.9. The number of carbonyl (C=O) groups excluding carboxylic acids is 1. The van der Waals surface area contributed by atoms with Crippen molar-refractivity contribution in [1.82, 2.24) is 4.90 Å². The predicted molar refractivity (Wildman–Crippen MR) is 102 cm³/mol. The molecule has 0 saturated heterocycles. The molecule has 0 radical (unpaired) electrons. The highest BCUT2D eigenvalue weighted by Crippen LogP contribution is 2.17. The molecule has 0 atom stereocenters. The molecule has 5 heteroatoms. The molecule has 0 spiro atoms. The third-order valence-electron chi connectivity index (χ3n) is 3.80. The molecule has 128 valence electrons. The van der Waals surface area contributed by atoms with E-state index in [0.717, 1.165) is 22.3 Å². The van der Waals surface area contributed by atoms with Crippen molar-refractivity contribution in [3.63, 3.8) is 0 Å². The summed E-state index contributed by atoms with van der Waals surface area (Å²) in [5, 5.41) is 2.95. The maximum absolute atomic E-state index is 12.7. The van der Waals surface area contributed by atoms with E-state index in [4.69, 9.17) is 4.42 Å². The van der Waals surface area contributed by atoms with Gasteiger partial charge in [0.15, 0.2) is 0 Å². The molecule has 0 aliphatic rings. The molecule has 1 heterocycles. The maximum atomic E-state index is 12.7. The smallest absolute Gasteiger partial charge is 0.322 e. The van der Waals surface area contributed by atoms with Crippen LogP contribution in [0.25, 0.3) is 0 Å². The zero-order valence-electron chi connectivity index (χ0n) is 13.7.